The second kappa shape index (κ2) is 5.78. The van der Waals surface area contributed by atoms with E-state index < -0.39 is 6.10 Å². The van der Waals surface area contributed by atoms with Gasteiger partial charge in [-0.15, -0.1) is 0 Å². The lowest BCUT2D eigenvalue weighted by molar-refractivity contribution is 0.127. The molecule has 0 aliphatic rings. The van der Waals surface area contributed by atoms with Crippen molar-refractivity contribution in [1.29, 1.82) is 0 Å². The van der Waals surface area contributed by atoms with Crippen molar-refractivity contribution in [3.05, 3.63) is 35.9 Å². The lowest BCUT2D eigenvalue weighted by Gasteiger charge is -2.22. The highest BCUT2D eigenvalue weighted by Gasteiger charge is 2.17. The summed E-state index contributed by atoms with van der Waals surface area (Å²) in [6, 6.07) is 9.95. The fourth-order valence-electron chi connectivity index (χ4n) is 1.65. The first-order chi connectivity index (χ1) is 6.79. The maximum atomic E-state index is 10.0. The third kappa shape index (κ3) is 2.82. The van der Waals surface area contributed by atoms with Crippen molar-refractivity contribution >= 4 is 0 Å². The molecule has 78 valence electrons. The molecule has 2 atom stereocenters. The van der Waals surface area contributed by atoms with E-state index in [1.807, 2.05) is 37.4 Å². The van der Waals surface area contributed by atoms with Gasteiger partial charge >= 0.3 is 0 Å². The van der Waals surface area contributed by atoms with Crippen molar-refractivity contribution < 1.29 is 5.11 Å². The smallest absolute Gasteiger partial charge is 0.0942 e. The molecule has 0 bridgehead atoms. The normalized spacial score (nSPS) is 15.1. The maximum absolute atomic E-state index is 10.0. The minimum atomic E-state index is -0.402. The highest BCUT2D eigenvalue weighted by atomic mass is 16.3. The van der Waals surface area contributed by atoms with E-state index in [2.05, 4.69) is 12.2 Å². The Kier molecular flexibility index (Phi) is 4.63. The van der Waals surface area contributed by atoms with Gasteiger partial charge in [0.15, 0.2) is 0 Å². The van der Waals surface area contributed by atoms with Gasteiger partial charge in [0.25, 0.3) is 0 Å². The molecular weight excluding hydrogens is 174 g/mol. The van der Waals surface area contributed by atoms with Crippen LogP contribution in [0.2, 0.25) is 0 Å². The van der Waals surface area contributed by atoms with Crippen LogP contribution < -0.4 is 5.32 Å². The highest BCUT2D eigenvalue weighted by molar-refractivity contribution is 5.18. The van der Waals surface area contributed by atoms with Gasteiger partial charge in [-0.1, -0.05) is 43.7 Å². The Morgan fingerprint density at radius 2 is 1.93 bits per heavy atom. The molecular formula is C12H19NO. The van der Waals surface area contributed by atoms with E-state index in [0.717, 1.165) is 18.4 Å². The van der Waals surface area contributed by atoms with Crippen LogP contribution >= 0.6 is 0 Å². The van der Waals surface area contributed by atoms with Gasteiger partial charge in [-0.05, 0) is 19.0 Å². The zero-order valence-electron chi connectivity index (χ0n) is 8.90. The van der Waals surface area contributed by atoms with Crippen LogP contribution in [-0.2, 0) is 0 Å². The van der Waals surface area contributed by atoms with Crippen LogP contribution in [0, 0.1) is 0 Å². The SMILES string of the molecule is CCCC(NC)[C@H](O)c1ccccc1. The van der Waals surface area contributed by atoms with Crippen LogP contribution in [0.5, 0.6) is 0 Å². The molecule has 0 amide bonds. The van der Waals surface area contributed by atoms with E-state index in [4.69, 9.17) is 0 Å². The summed E-state index contributed by atoms with van der Waals surface area (Å²) in [6.45, 7) is 2.13. The first kappa shape index (κ1) is 11.2. The minimum absolute atomic E-state index is 0.155. The lowest BCUT2D eigenvalue weighted by Crippen LogP contribution is -2.31. The molecule has 0 fully saturated rings. The number of rotatable bonds is 5. The molecule has 1 unspecified atom stereocenters. The van der Waals surface area contributed by atoms with Crippen LogP contribution in [0.4, 0.5) is 0 Å². The summed E-state index contributed by atoms with van der Waals surface area (Å²) in [5.74, 6) is 0. The van der Waals surface area contributed by atoms with E-state index in [9.17, 15) is 5.11 Å². The molecule has 1 rings (SSSR count). The first-order valence-electron chi connectivity index (χ1n) is 5.19. The molecule has 0 aromatic heterocycles. The number of benzene rings is 1. The van der Waals surface area contributed by atoms with Gasteiger partial charge in [0.1, 0.15) is 0 Å². The van der Waals surface area contributed by atoms with Gasteiger partial charge in [-0.2, -0.15) is 0 Å². The van der Waals surface area contributed by atoms with Gasteiger partial charge in [-0.3, -0.25) is 0 Å². The molecule has 1 aromatic rings. The fourth-order valence-corrected chi connectivity index (χ4v) is 1.65. The molecule has 0 aliphatic heterocycles. The zero-order valence-corrected chi connectivity index (χ0v) is 8.90. The van der Waals surface area contributed by atoms with Crippen LogP contribution in [0.1, 0.15) is 31.4 Å². The summed E-state index contributed by atoms with van der Waals surface area (Å²) in [5.41, 5.74) is 0.986. The van der Waals surface area contributed by atoms with Crippen LogP contribution in [0.3, 0.4) is 0 Å². The van der Waals surface area contributed by atoms with Crippen molar-refractivity contribution in [2.45, 2.75) is 31.9 Å². The van der Waals surface area contributed by atoms with Crippen LogP contribution in [0.25, 0.3) is 0 Å². The van der Waals surface area contributed by atoms with Gasteiger partial charge in [-0.25, -0.2) is 0 Å². The second-order valence-electron chi connectivity index (χ2n) is 3.54. The maximum Gasteiger partial charge on any atom is 0.0942 e. The van der Waals surface area contributed by atoms with Crippen molar-refractivity contribution in [3.8, 4) is 0 Å². The quantitative estimate of drug-likeness (QED) is 0.750. The number of likely N-dealkylation sites (N-methyl/N-ethyl adjacent to an activating group) is 1. The van der Waals surface area contributed by atoms with Crippen molar-refractivity contribution in [1.82, 2.24) is 5.32 Å². The molecule has 0 spiro atoms. The second-order valence-corrected chi connectivity index (χ2v) is 3.54. The van der Waals surface area contributed by atoms with Gasteiger partial charge < -0.3 is 10.4 Å². The summed E-state index contributed by atoms with van der Waals surface area (Å²) < 4.78 is 0. The summed E-state index contributed by atoms with van der Waals surface area (Å²) in [6.07, 6.45) is 1.67. The van der Waals surface area contributed by atoms with Crippen molar-refractivity contribution in [3.63, 3.8) is 0 Å². The Balaban J connectivity index is 2.67. The predicted octanol–water partition coefficient (Wildman–Crippen LogP) is 2.11. The number of nitrogens with one attached hydrogen (secondary N) is 1. The summed E-state index contributed by atoms with van der Waals surface area (Å²) in [5, 5.41) is 13.2. The zero-order chi connectivity index (χ0) is 10.4. The number of hydrogen-bond acceptors (Lipinski definition) is 2. The van der Waals surface area contributed by atoms with E-state index >= 15 is 0 Å². The molecule has 0 saturated heterocycles. The monoisotopic (exact) mass is 193 g/mol. The third-order valence-corrected chi connectivity index (χ3v) is 2.49. The third-order valence-electron chi connectivity index (χ3n) is 2.49. The van der Waals surface area contributed by atoms with Crippen LogP contribution in [-0.4, -0.2) is 18.2 Å². The minimum Gasteiger partial charge on any atom is -0.387 e. The molecule has 2 N–H and O–H groups in total. The van der Waals surface area contributed by atoms with E-state index in [1.165, 1.54) is 0 Å². The molecule has 0 saturated carbocycles. The fraction of sp³-hybridized carbons (Fsp3) is 0.500. The molecule has 2 heteroatoms. The number of aliphatic hydroxyl groups is 1. The van der Waals surface area contributed by atoms with Gasteiger partial charge in [0, 0.05) is 6.04 Å². The summed E-state index contributed by atoms with van der Waals surface area (Å²) in [7, 11) is 1.90. The molecule has 0 radical (unpaired) electrons. The predicted molar refractivity (Wildman–Crippen MR) is 59.2 cm³/mol. The summed E-state index contributed by atoms with van der Waals surface area (Å²) >= 11 is 0. The lowest BCUT2D eigenvalue weighted by atomic mass is 9.99. The van der Waals surface area contributed by atoms with Crippen LogP contribution in [0.15, 0.2) is 30.3 Å². The topological polar surface area (TPSA) is 32.3 Å². The first-order valence-corrected chi connectivity index (χ1v) is 5.19. The van der Waals surface area contributed by atoms with E-state index in [1.54, 1.807) is 0 Å². The molecule has 0 aliphatic carbocycles. The largest absolute Gasteiger partial charge is 0.387 e. The van der Waals surface area contributed by atoms with E-state index in [-0.39, 0.29) is 6.04 Å². The Bertz CT molecular complexity index is 248. The molecule has 2 nitrogen and oxygen atoms in total. The van der Waals surface area contributed by atoms with E-state index in [0.29, 0.717) is 0 Å². The highest BCUT2D eigenvalue weighted by Crippen LogP contribution is 2.18. The average molecular weight is 193 g/mol. The summed E-state index contributed by atoms with van der Waals surface area (Å²) in [4.78, 5) is 0. The Hall–Kier alpha value is -0.860. The Morgan fingerprint density at radius 3 is 2.43 bits per heavy atom. The molecule has 14 heavy (non-hydrogen) atoms. The van der Waals surface area contributed by atoms with Crippen molar-refractivity contribution in [2.75, 3.05) is 7.05 Å². The van der Waals surface area contributed by atoms with Crippen molar-refractivity contribution in [2.24, 2.45) is 0 Å². The Labute approximate surface area is 86.0 Å². The number of hydrogen-bond donors (Lipinski definition) is 2. The number of aliphatic hydroxyl groups excluding tert-OH is 1. The Morgan fingerprint density at radius 1 is 1.29 bits per heavy atom. The van der Waals surface area contributed by atoms with Gasteiger partial charge in [0.05, 0.1) is 6.10 Å². The molecule has 1 aromatic carbocycles. The average Bonchev–Trinajstić information content (AvgIpc) is 2.26. The molecule has 0 heterocycles. The standard InChI is InChI=1S/C12H19NO/c1-3-7-11(13-2)12(14)10-8-5-4-6-9-10/h4-6,8-9,11-14H,3,7H2,1-2H3/t11?,12-/m1/s1. The van der Waals surface area contributed by atoms with Gasteiger partial charge in [0.2, 0.25) is 0 Å².